The Morgan fingerprint density at radius 1 is 1.09 bits per heavy atom. The van der Waals surface area contributed by atoms with Crippen LogP contribution in [0.1, 0.15) is 17.3 Å². The number of hydrogen-bond acceptors (Lipinski definition) is 4. The molecule has 34 heavy (non-hydrogen) atoms. The molecule has 1 amide bonds. The number of carbonyl (C=O) groups is 1. The Kier molecular flexibility index (Phi) is 6.76. The molecule has 0 saturated carbocycles. The van der Waals surface area contributed by atoms with Crippen LogP contribution in [-0.2, 0) is 16.6 Å². The zero-order valence-corrected chi connectivity index (χ0v) is 20.0. The number of allylic oxidation sites excluding steroid dienone is 1. The van der Waals surface area contributed by atoms with Gasteiger partial charge in [-0.2, -0.15) is 4.99 Å². The van der Waals surface area contributed by atoms with Gasteiger partial charge >= 0.3 is 0 Å². The van der Waals surface area contributed by atoms with E-state index >= 15 is 0 Å². The molecule has 0 spiro atoms. The number of hydrogen-bond donors (Lipinski definition) is 0. The standard InChI is InChI=1S/C25H22FN3O3S2/c1-3-17-28-23-21(26)11-8-12-22(23)33-25(28)27-24(30)18-13-15-20(16-14-18)34(31,32)29(4-2)19-9-6-5-7-10-19/h3,5-16H,1,4,17H2,2H3. The highest BCUT2D eigenvalue weighted by atomic mass is 32.2. The van der Waals surface area contributed by atoms with Crippen LogP contribution in [0.4, 0.5) is 10.1 Å². The van der Waals surface area contributed by atoms with Gasteiger partial charge in [-0.3, -0.25) is 9.10 Å². The van der Waals surface area contributed by atoms with E-state index in [1.54, 1.807) is 54.0 Å². The van der Waals surface area contributed by atoms with E-state index in [0.717, 1.165) is 0 Å². The second-order valence-corrected chi connectivity index (χ2v) is 10.2. The van der Waals surface area contributed by atoms with E-state index in [2.05, 4.69) is 11.6 Å². The summed E-state index contributed by atoms with van der Waals surface area (Å²) in [6, 6.07) is 19.2. The molecule has 1 heterocycles. The molecule has 0 aliphatic carbocycles. The van der Waals surface area contributed by atoms with Crippen molar-refractivity contribution in [2.45, 2.75) is 18.4 Å². The van der Waals surface area contributed by atoms with Gasteiger partial charge in [0, 0.05) is 18.7 Å². The molecule has 0 N–H and O–H groups in total. The van der Waals surface area contributed by atoms with Gasteiger partial charge in [0.05, 0.1) is 20.8 Å². The van der Waals surface area contributed by atoms with Crippen LogP contribution in [0.5, 0.6) is 0 Å². The first kappa shape index (κ1) is 23.6. The van der Waals surface area contributed by atoms with Gasteiger partial charge in [0.25, 0.3) is 15.9 Å². The van der Waals surface area contributed by atoms with Crippen molar-refractivity contribution in [1.82, 2.24) is 4.57 Å². The van der Waals surface area contributed by atoms with Crippen molar-refractivity contribution in [3.63, 3.8) is 0 Å². The number of aromatic nitrogens is 1. The molecular weight excluding hydrogens is 473 g/mol. The summed E-state index contributed by atoms with van der Waals surface area (Å²) in [5.41, 5.74) is 1.15. The maximum Gasteiger partial charge on any atom is 0.279 e. The second-order valence-electron chi connectivity index (χ2n) is 7.32. The van der Waals surface area contributed by atoms with Crippen LogP contribution in [-0.4, -0.2) is 25.4 Å². The van der Waals surface area contributed by atoms with Gasteiger partial charge in [-0.1, -0.05) is 41.7 Å². The number of halogens is 1. The lowest BCUT2D eigenvalue weighted by Gasteiger charge is -2.22. The van der Waals surface area contributed by atoms with E-state index in [0.29, 0.717) is 20.7 Å². The number of anilines is 1. The van der Waals surface area contributed by atoms with Crippen molar-refractivity contribution in [3.8, 4) is 0 Å². The Morgan fingerprint density at radius 3 is 2.44 bits per heavy atom. The minimum absolute atomic E-state index is 0.0698. The Morgan fingerprint density at radius 2 is 1.79 bits per heavy atom. The lowest BCUT2D eigenvalue weighted by molar-refractivity contribution is 0.0997. The summed E-state index contributed by atoms with van der Waals surface area (Å²) >= 11 is 1.20. The molecule has 0 bridgehead atoms. The number of amides is 1. The third-order valence-corrected chi connectivity index (χ3v) is 8.14. The predicted molar refractivity (Wildman–Crippen MR) is 133 cm³/mol. The maximum atomic E-state index is 14.4. The summed E-state index contributed by atoms with van der Waals surface area (Å²) in [6.07, 6.45) is 1.61. The molecule has 3 aromatic carbocycles. The number of sulfonamides is 1. The number of fused-ring (bicyclic) bond motifs is 1. The fourth-order valence-electron chi connectivity index (χ4n) is 3.60. The van der Waals surface area contributed by atoms with Gasteiger partial charge in [0.1, 0.15) is 5.82 Å². The van der Waals surface area contributed by atoms with E-state index in [1.807, 2.05) is 6.07 Å². The molecule has 4 aromatic rings. The Balaban J connectivity index is 1.68. The fraction of sp³-hybridized carbons (Fsp3) is 0.120. The van der Waals surface area contributed by atoms with Gasteiger partial charge < -0.3 is 4.57 Å². The summed E-state index contributed by atoms with van der Waals surface area (Å²) in [4.78, 5) is 17.4. The van der Waals surface area contributed by atoms with Gasteiger partial charge in [-0.15, -0.1) is 6.58 Å². The zero-order valence-electron chi connectivity index (χ0n) is 18.4. The molecule has 4 rings (SSSR count). The summed E-state index contributed by atoms with van der Waals surface area (Å²) in [5, 5.41) is 0. The molecule has 0 atom stereocenters. The molecule has 0 unspecified atom stereocenters. The number of rotatable bonds is 7. The summed E-state index contributed by atoms with van der Waals surface area (Å²) in [7, 11) is -3.81. The zero-order chi connectivity index (χ0) is 24.3. The highest BCUT2D eigenvalue weighted by Crippen LogP contribution is 2.24. The van der Waals surface area contributed by atoms with Crippen LogP contribution < -0.4 is 9.11 Å². The first-order valence-corrected chi connectivity index (χ1v) is 12.8. The molecule has 6 nitrogen and oxygen atoms in total. The van der Waals surface area contributed by atoms with E-state index in [-0.39, 0.29) is 23.5 Å². The van der Waals surface area contributed by atoms with Crippen LogP contribution in [0.2, 0.25) is 0 Å². The number of para-hydroxylation sites is 2. The molecule has 0 aliphatic rings. The summed E-state index contributed by atoms with van der Waals surface area (Å²) in [6.45, 7) is 6.00. The monoisotopic (exact) mass is 495 g/mol. The third-order valence-electron chi connectivity index (χ3n) is 5.18. The molecule has 174 valence electrons. The quantitative estimate of drug-likeness (QED) is 0.339. The number of carbonyl (C=O) groups excluding carboxylic acids is 1. The second kappa shape index (κ2) is 9.74. The summed E-state index contributed by atoms with van der Waals surface area (Å²) in [5.74, 6) is -0.956. The first-order chi connectivity index (χ1) is 16.4. The van der Waals surface area contributed by atoms with Crippen LogP contribution in [0, 0.1) is 5.82 Å². The maximum absolute atomic E-state index is 14.4. The van der Waals surface area contributed by atoms with E-state index in [9.17, 15) is 17.6 Å². The predicted octanol–water partition coefficient (Wildman–Crippen LogP) is 4.98. The van der Waals surface area contributed by atoms with E-state index < -0.39 is 21.7 Å². The van der Waals surface area contributed by atoms with Crippen molar-refractivity contribution < 1.29 is 17.6 Å². The average molecular weight is 496 g/mol. The van der Waals surface area contributed by atoms with Crippen molar-refractivity contribution in [1.29, 1.82) is 0 Å². The van der Waals surface area contributed by atoms with E-state index in [1.165, 1.54) is 46.0 Å². The Bertz CT molecular complexity index is 1520. The van der Waals surface area contributed by atoms with Crippen molar-refractivity contribution in [2.24, 2.45) is 4.99 Å². The number of thiazole rings is 1. The van der Waals surface area contributed by atoms with E-state index in [4.69, 9.17) is 0 Å². The number of nitrogens with zero attached hydrogens (tertiary/aromatic N) is 3. The first-order valence-electron chi connectivity index (χ1n) is 10.5. The lowest BCUT2D eigenvalue weighted by atomic mass is 10.2. The molecule has 0 saturated heterocycles. The van der Waals surface area contributed by atoms with Gasteiger partial charge in [-0.25, -0.2) is 12.8 Å². The lowest BCUT2D eigenvalue weighted by Crippen LogP contribution is -2.30. The van der Waals surface area contributed by atoms with Gasteiger partial charge in [0.15, 0.2) is 4.80 Å². The number of benzene rings is 3. The summed E-state index contributed by atoms with van der Waals surface area (Å²) < 4.78 is 44.3. The van der Waals surface area contributed by atoms with Crippen LogP contribution in [0.3, 0.4) is 0 Å². The minimum Gasteiger partial charge on any atom is -0.310 e. The smallest absolute Gasteiger partial charge is 0.279 e. The fourth-order valence-corrected chi connectivity index (χ4v) is 6.13. The highest BCUT2D eigenvalue weighted by Gasteiger charge is 2.23. The average Bonchev–Trinajstić information content (AvgIpc) is 3.18. The van der Waals surface area contributed by atoms with Crippen LogP contribution >= 0.6 is 11.3 Å². The largest absolute Gasteiger partial charge is 0.310 e. The van der Waals surface area contributed by atoms with Crippen molar-refractivity contribution in [3.05, 3.63) is 102 Å². The van der Waals surface area contributed by atoms with Gasteiger partial charge in [0.2, 0.25) is 0 Å². The molecule has 0 aliphatic heterocycles. The van der Waals surface area contributed by atoms with Crippen molar-refractivity contribution in [2.75, 3.05) is 10.8 Å². The normalized spacial score (nSPS) is 12.1. The van der Waals surface area contributed by atoms with Crippen LogP contribution in [0.25, 0.3) is 10.2 Å². The molecular formula is C25H22FN3O3S2. The van der Waals surface area contributed by atoms with Crippen LogP contribution in [0.15, 0.2) is 95.3 Å². The third kappa shape index (κ3) is 4.44. The Labute approximate surface area is 201 Å². The molecule has 1 aromatic heterocycles. The van der Waals surface area contributed by atoms with Crippen molar-refractivity contribution >= 4 is 43.2 Å². The van der Waals surface area contributed by atoms with Gasteiger partial charge in [-0.05, 0) is 55.5 Å². The highest BCUT2D eigenvalue weighted by molar-refractivity contribution is 7.92. The molecule has 0 fully saturated rings. The Hall–Kier alpha value is -3.56. The molecule has 9 heteroatoms. The molecule has 0 radical (unpaired) electrons. The topological polar surface area (TPSA) is 71.7 Å². The SMILES string of the molecule is C=CCn1c(=NC(=O)c2ccc(S(=O)(=O)N(CC)c3ccccc3)cc2)sc2cccc(F)c21. The minimum atomic E-state index is -3.81.